The first kappa shape index (κ1) is 18.0. The van der Waals surface area contributed by atoms with Crippen molar-refractivity contribution in [2.24, 2.45) is 5.41 Å². The molecule has 1 N–H and O–H groups in total. The Morgan fingerprint density at radius 3 is 2.27 bits per heavy atom. The fraction of sp³-hybridized carbons (Fsp3) is 0.429. The molecule has 0 bridgehead atoms. The predicted molar refractivity (Wildman–Crippen MR) is 93.3 cm³/mol. The molecule has 0 saturated heterocycles. The molecule has 1 saturated carbocycles. The Kier molecular flexibility index (Phi) is 5.17. The van der Waals surface area contributed by atoms with E-state index in [0.29, 0.717) is 12.1 Å². The maximum Gasteiger partial charge on any atom is 0.315 e. The summed E-state index contributed by atoms with van der Waals surface area (Å²) in [5.74, 6) is -1.02. The van der Waals surface area contributed by atoms with Gasteiger partial charge in [0.1, 0.15) is 9.75 Å². The number of halogens is 4. The third-order valence-electron chi connectivity index (χ3n) is 3.49. The van der Waals surface area contributed by atoms with Gasteiger partial charge in [0.15, 0.2) is 6.61 Å². The lowest BCUT2D eigenvalue weighted by Crippen LogP contribution is -2.27. The van der Waals surface area contributed by atoms with Crippen LogP contribution in [0.25, 0.3) is 0 Å². The molecule has 1 aliphatic carbocycles. The van der Waals surface area contributed by atoms with Crippen molar-refractivity contribution >= 4 is 72.6 Å². The van der Waals surface area contributed by atoms with Crippen LogP contribution in [0.15, 0.2) is 21.1 Å². The van der Waals surface area contributed by atoms with Gasteiger partial charge >= 0.3 is 5.97 Å². The highest BCUT2D eigenvalue weighted by Gasteiger charge is 2.69. The zero-order chi connectivity index (χ0) is 16.7. The van der Waals surface area contributed by atoms with E-state index < -0.39 is 28.2 Å². The number of alkyl halides is 2. The van der Waals surface area contributed by atoms with Crippen molar-refractivity contribution in [1.29, 1.82) is 0 Å². The van der Waals surface area contributed by atoms with E-state index >= 15 is 0 Å². The van der Waals surface area contributed by atoms with Crippen molar-refractivity contribution in [2.75, 3.05) is 11.9 Å². The maximum atomic E-state index is 11.9. The maximum absolute atomic E-state index is 11.9. The number of anilines is 1. The van der Waals surface area contributed by atoms with Crippen LogP contribution in [0.4, 0.5) is 5.69 Å². The van der Waals surface area contributed by atoms with Gasteiger partial charge in [-0.2, -0.15) is 0 Å². The number of esters is 1. The van der Waals surface area contributed by atoms with Crippen LogP contribution in [0.1, 0.15) is 18.9 Å². The predicted octanol–water partition coefficient (Wildman–Crippen LogP) is 4.59. The quantitative estimate of drug-likeness (QED) is 0.514. The van der Waals surface area contributed by atoms with Crippen molar-refractivity contribution in [3.05, 3.63) is 26.6 Å². The second kappa shape index (κ2) is 6.30. The molecule has 1 amide bonds. The normalized spacial score (nSPS) is 22.1. The highest BCUT2D eigenvalue weighted by atomic mass is 79.9. The molecule has 1 aliphatic rings. The molecule has 4 nitrogen and oxygen atoms in total. The molecule has 120 valence electrons. The van der Waals surface area contributed by atoms with E-state index in [1.54, 1.807) is 6.92 Å². The van der Waals surface area contributed by atoms with E-state index in [0.717, 1.165) is 14.5 Å². The molecular formula is C14H13Br2Cl2NO3. The lowest BCUT2D eigenvalue weighted by Gasteiger charge is -2.13. The second-order valence-corrected chi connectivity index (χ2v) is 8.63. The summed E-state index contributed by atoms with van der Waals surface area (Å²) in [6.45, 7) is 3.15. The monoisotopic (exact) mass is 471 g/mol. The fourth-order valence-electron chi connectivity index (χ4n) is 1.91. The third kappa shape index (κ3) is 3.61. The van der Waals surface area contributed by atoms with E-state index in [-0.39, 0.29) is 0 Å². The number of ether oxygens (including phenoxy) is 1. The van der Waals surface area contributed by atoms with Gasteiger partial charge in [-0.25, -0.2) is 0 Å². The molecule has 0 heterocycles. The molecule has 1 unspecified atom stereocenters. The molecule has 0 radical (unpaired) electrons. The molecular weight excluding hydrogens is 461 g/mol. The minimum atomic E-state index is -1.11. The number of hydrogen-bond donors (Lipinski definition) is 1. The molecule has 1 aromatic rings. The summed E-state index contributed by atoms with van der Waals surface area (Å²) in [6, 6.07) is 3.74. The molecule has 1 atom stereocenters. The summed E-state index contributed by atoms with van der Waals surface area (Å²) in [7, 11) is 0. The van der Waals surface area contributed by atoms with Crippen LogP contribution < -0.4 is 5.32 Å². The molecule has 22 heavy (non-hydrogen) atoms. The molecule has 0 aromatic heterocycles. The molecule has 0 spiro atoms. The Morgan fingerprint density at radius 1 is 1.32 bits per heavy atom. The second-order valence-electron chi connectivity index (χ2n) is 5.44. The first-order valence-electron chi connectivity index (χ1n) is 6.37. The minimum absolute atomic E-state index is 0.318. The molecule has 0 aliphatic heterocycles. The van der Waals surface area contributed by atoms with Gasteiger partial charge in [0, 0.05) is 15.4 Å². The summed E-state index contributed by atoms with van der Waals surface area (Å²) in [5, 5.41) is 2.68. The zero-order valence-electron chi connectivity index (χ0n) is 11.8. The van der Waals surface area contributed by atoms with Crippen molar-refractivity contribution in [3.63, 3.8) is 0 Å². The lowest BCUT2D eigenvalue weighted by molar-refractivity contribution is -0.152. The van der Waals surface area contributed by atoms with Crippen LogP contribution in [0.2, 0.25) is 0 Å². The standard InChI is InChI=1S/C14H13Br2Cl2NO3/c1-7-3-8(15)11(9(16)4-7)19-10(20)5-22-12(21)13(2)6-14(13,17)18/h3-4H,5-6H2,1-2H3,(H,19,20). The van der Waals surface area contributed by atoms with E-state index in [4.69, 9.17) is 27.9 Å². The minimum Gasteiger partial charge on any atom is -0.455 e. The SMILES string of the molecule is Cc1cc(Br)c(NC(=O)COC(=O)C2(C)CC2(Cl)Cl)c(Br)c1. The van der Waals surface area contributed by atoms with Gasteiger partial charge in [-0.1, -0.05) is 0 Å². The average Bonchev–Trinajstić information content (AvgIpc) is 2.91. The first-order valence-corrected chi connectivity index (χ1v) is 8.71. The van der Waals surface area contributed by atoms with Crippen LogP contribution in [0.5, 0.6) is 0 Å². The van der Waals surface area contributed by atoms with Gasteiger partial charge in [0.05, 0.1) is 5.69 Å². The number of rotatable bonds is 4. The van der Waals surface area contributed by atoms with Crippen LogP contribution >= 0.6 is 55.1 Å². The summed E-state index contributed by atoms with van der Waals surface area (Å²) < 4.78 is 5.34. The van der Waals surface area contributed by atoms with Gasteiger partial charge in [0.2, 0.25) is 0 Å². The Hall–Kier alpha value is -0.300. The number of carbonyl (C=O) groups excluding carboxylic acids is 2. The smallest absolute Gasteiger partial charge is 0.315 e. The Labute approximate surface area is 155 Å². The van der Waals surface area contributed by atoms with E-state index in [9.17, 15) is 9.59 Å². The Bertz CT molecular complexity index is 628. The molecule has 2 rings (SSSR count). The first-order chi connectivity index (χ1) is 10.1. The third-order valence-corrected chi connectivity index (χ3v) is 5.85. The Balaban J connectivity index is 1.94. The van der Waals surface area contributed by atoms with E-state index in [2.05, 4.69) is 37.2 Å². The van der Waals surface area contributed by atoms with Crippen molar-refractivity contribution in [2.45, 2.75) is 24.6 Å². The average molecular weight is 474 g/mol. The largest absolute Gasteiger partial charge is 0.455 e. The van der Waals surface area contributed by atoms with Crippen molar-refractivity contribution in [1.82, 2.24) is 0 Å². The van der Waals surface area contributed by atoms with Crippen LogP contribution in [0, 0.1) is 12.3 Å². The summed E-state index contributed by atoms with van der Waals surface area (Å²) >= 11 is 18.5. The number of aryl methyl sites for hydroxylation is 1. The number of carbonyl (C=O) groups is 2. The Morgan fingerprint density at radius 2 is 1.82 bits per heavy atom. The molecule has 1 aromatic carbocycles. The summed E-state index contributed by atoms with van der Waals surface area (Å²) in [5.41, 5.74) is 0.667. The highest BCUT2D eigenvalue weighted by Crippen LogP contribution is 2.64. The number of nitrogens with one attached hydrogen (secondary N) is 1. The molecule has 1 fully saturated rings. The van der Waals surface area contributed by atoms with Gasteiger partial charge in [-0.15, -0.1) is 23.2 Å². The number of hydrogen-bond acceptors (Lipinski definition) is 3. The molecule has 8 heteroatoms. The van der Waals surface area contributed by atoms with Crippen LogP contribution in [-0.4, -0.2) is 22.8 Å². The fourth-order valence-corrected chi connectivity index (χ4v) is 4.21. The van der Waals surface area contributed by atoms with Crippen LogP contribution in [0.3, 0.4) is 0 Å². The lowest BCUT2D eigenvalue weighted by atomic mass is 10.1. The number of amides is 1. The number of benzene rings is 1. The van der Waals surface area contributed by atoms with E-state index in [1.165, 1.54) is 0 Å². The van der Waals surface area contributed by atoms with Gasteiger partial charge in [-0.05, 0) is 63.4 Å². The van der Waals surface area contributed by atoms with Gasteiger partial charge in [-0.3, -0.25) is 9.59 Å². The van der Waals surface area contributed by atoms with Gasteiger partial charge < -0.3 is 10.1 Å². The topological polar surface area (TPSA) is 55.4 Å². The highest BCUT2D eigenvalue weighted by molar-refractivity contribution is 9.11. The van der Waals surface area contributed by atoms with Crippen LogP contribution in [-0.2, 0) is 14.3 Å². The van der Waals surface area contributed by atoms with Crippen molar-refractivity contribution < 1.29 is 14.3 Å². The van der Waals surface area contributed by atoms with Crippen molar-refractivity contribution in [3.8, 4) is 0 Å². The summed E-state index contributed by atoms with van der Waals surface area (Å²) in [4.78, 5) is 23.8. The summed E-state index contributed by atoms with van der Waals surface area (Å²) in [6.07, 6.45) is 0.318. The van der Waals surface area contributed by atoms with Gasteiger partial charge in [0.25, 0.3) is 5.91 Å². The zero-order valence-corrected chi connectivity index (χ0v) is 16.5. The van der Waals surface area contributed by atoms with E-state index in [1.807, 2.05) is 19.1 Å².